The summed E-state index contributed by atoms with van der Waals surface area (Å²) in [4.78, 5) is 11.2. The number of aryl methyl sites for hydroxylation is 1. The number of alkyl carbamates (subject to hydrolysis) is 1. The summed E-state index contributed by atoms with van der Waals surface area (Å²) in [5.74, 6) is -0.535. The largest absolute Gasteiger partial charge is 0.445 e. The van der Waals surface area contributed by atoms with Gasteiger partial charge in [0.15, 0.2) is 0 Å². The minimum atomic E-state index is -4.06. The smallest absolute Gasteiger partial charge is 0.407 e. The summed E-state index contributed by atoms with van der Waals surface area (Å²) < 4.78 is 34.1. The lowest BCUT2D eigenvalue weighted by Gasteiger charge is -2.06. The number of carbonyl (C=O) groups is 1. The van der Waals surface area contributed by atoms with Gasteiger partial charge in [0.1, 0.15) is 6.61 Å². The summed E-state index contributed by atoms with van der Waals surface area (Å²) in [5.41, 5.74) is 1.91. The van der Waals surface area contributed by atoms with Gasteiger partial charge in [-0.05, 0) is 12.5 Å². The summed E-state index contributed by atoms with van der Waals surface area (Å²) in [6, 6.07) is 7.48. The van der Waals surface area contributed by atoms with Crippen molar-refractivity contribution in [3.63, 3.8) is 0 Å². The highest BCUT2D eigenvalue weighted by atomic mass is 32.2. The molecule has 0 fully saturated rings. The highest BCUT2D eigenvalue weighted by Gasteiger charge is 2.07. The lowest BCUT2D eigenvalue weighted by Crippen LogP contribution is -2.29. The molecule has 0 saturated heterocycles. The number of carbonyl (C=O) groups excluding carboxylic acids is 1. The first-order valence-electron chi connectivity index (χ1n) is 5.28. The Kier molecular flexibility index (Phi) is 5.11. The Morgan fingerprint density at radius 3 is 2.78 bits per heavy atom. The third-order valence-electron chi connectivity index (χ3n) is 2.08. The molecule has 0 spiro atoms. The first-order chi connectivity index (χ1) is 8.37. The van der Waals surface area contributed by atoms with Crippen LogP contribution < -0.4 is 5.32 Å². The molecule has 0 atom stereocenters. The number of ether oxygens (including phenoxy) is 1. The number of hydrogen-bond acceptors (Lipinski definition) is 4. The highest BCUT2D eigenvalue weighted by molar-refractivity contribution is 7.85. The second-order valence-electron chi connectivity index (χ2n) is 3.78. The molecule has 0 heterocycles. The Morgan fingerprint density at radius 1 is 1.44 bits per heavy atom. The maximum absolute atomic E-state index is 11.2. The summed E-state index contributed by atoms with van der Waals surface area (Å²) >= 11 is 0. The van der Waals surface area contributed by atoms with Crippen molar-refractivity contribution in [3.05, 3.63) is 35.4 Å². The van der Waals surface area contributed by atoms with Crippen LogP contribution in [-0.4, -0.2) is 31.4 Å². The molecule has 7 heteroatoms. The van der Waals surface area contributed by atoms with Gasteiger partial charge in [-0.15, -0.1) is 0 Å². The fraction of sp³-hybridized carbons (Fsp3) is 0.364. The van der Waals surface area contributed by atoms with Crippen LogP contribution in [0, 0.1) is 6.92 Å². The Bertz CT molecular complexity index is 512. The van der Waals surface area contributed by atoms with Gasteiger partial charge < -0.3 is 10.1 Å². The Morgan fingerprint density at radius 2 is 2.17 bits per heavy atom. The van der Waals surface area contributed by atoms with Gasteiger partial charge in [-0.25, -0.2) is 4.79 Å². The van der Waals surface area contributed by atoms with E-state index >= 15 is 0 Å². The highest BCUT2D eigenvalue weighted by Crippen LogP contribution is 2.05. The van der Waals surface area contributed by atoms with Crippen molar-refractivity contribution >= 4 is 16.2 Å². The van der Waals surface area contributed by atoms with Crippen LogP contribution >= 0.6 is 0 Å². The molecule has 2 N–H and O–H groups in total. The first-order valence-corrected chi connectivity index (χ1v) is 6.89. The molecule has 0 aromatic heterocycles. The van der Waals surface area contributed by atoms with Crippen molar-refractivity contribution in [3.8, 4) is 0 Å². The average Bonchev–Trinajstić information content (AvgIpc) is 2.25. The summed E-state index contributed by atoms with van der Waals surface area (Å²) in [6.45, 7) is 1.85. The molecule has 18 heavy (non-hydrogen) atoms. The Hall–Kier alpha value is -1.60. The van der Waals surface area contributed by atoms with E-state index in [2.05, 4.69) is 5.32 Å². The number of nitrogens with one attached hydrogen (secondary N) is 1. The van der Waals surface area contributed by atoms with Gasteiger partial charge in [-0.1, -0.05) is 29.8 Å². The molecule has 1 aromatic carbocycles. The lowest BCUT2D eigenvalue weighted by atomic mass is 10.1. The van der Waals surface area contributed by atoms with E-state index in [1.807, 2.05) is 31.2 Å². The average molecular weight is 273 g/mol. The van der Waals surface area contributed by atoms with Crippen molar-refractivity contribution < 1.29 is 22.5 Å². The van der Waals surface area contributed by atoms with Crippen molar-refractivity contribution in [2.24, 2.45) is 0 Å². The van der Waals surface area contributed by atoms with Gasteiger partial charge in [0, 0.05) is 6.54 Å². The van der Waals surface area contributed by atoms with Crippen LogP contribution in [0.15, 0.2) is 24.3 Å². The van der Waals surface area contributed by atoms with Gasteiger partial charge in [-0.3, -0.25) is 4.55 Å². The molecular weight excluding hydrogens is 258 g/mol. The van der Waals surface area contributed by atoms with E-state index in [0.29, 0.717) is 0 Å². The van der Waals surface area contributed by atoms with E-state index in [9.17, 15) is 13.2 Å². The SMILES string of the molecule is Cc1cccc(COC(=O)NCCS(=O)(=O)O)c1. The van der Waals surface area contributed by atoms with Crippen LogP contribution in [-0.2, 0) is 21.5 Å². The zero-order valence-electron chi connectivity index (χ0n) is 9.92. The predicted octanol–water partition coefficient (Wildman–Crippen LogP) is 1.11. The van der Waals surface area contributed by atoms with Crippen molar-refractivity contribution in [2.45, 2.75) is 13.5 Å². The maximum Gasteiger partial charge on any atom is 0.407 e. The lowest BCUT2D eigenvalue weighted by molar-refractivity contribution is 0.140. The number of amides is 1. The van der Waals surface area contributed by atoms with Gasteiger partial charge in [0.05, 0.1) is 5.75 Å². The van der Waals surface area contributed by atoms with Gasteiger partial charge >= 0.3 is 6.09 Å². The predicted molar refractivity (Wildman–Crippen MR) is 65.8 cm³/mol. The molecule has 0 aliphatic rings. The number of benzene rings is 1. The van der Waals surface area contributed by atoms with Crippen LogP contribution in [0.25, 0.3) is 0 Å². The summed E-state index contributed by atoms with van der Waals surface area (Å²) in [5, 5.41) is 2.22. The monoisotopic (exact) mass is 273 g/mol. The molecule has 0 saturated carbocycles. The van der Waals surface area contributed by atoms with Gasteiger partial charge in [0.2, 0.25) is 0 Å². The number of rotatable bonds is 5. The molecule has 0 aliphatic carbocycles. The molecule has 1 aromatic rings. The van der Waals surface area contributed by atoms with E-state index in [1.54, 1.807) is 0 Å². The molecule has 6 nitrogen and oxygen atoms in total. The summed E-state index contributed by atoms with van der Waals surface area (Å²) in [6.07, 6.45) is -0.722. The van der Waals surface area contributed by atoms with Crippen LogP contribution in [0.4, 0.5) is 4.79 Å². The van der Waals surface area contributed by atoms with E-state index in [0.717, 1.165) is 11.1 Å². The first kappa shape index (κ1) is 14.5. The second-order valence-corrected chi connectivity index (χ2v) is 5.35. The van der Waals surface area contributed by atoms with Gasteiger partial charge in [0.25, 0.3) is 10.1 Å². The summed E-state index contributed by atoms with van der Waals surface area (Å²) in [7, 11) is -4.06. The van der Waals surface area contributed by atoms with Crippen molar-refractivity contribution in [1.82, 2.24) is 5.32 Å². The zero-order chi connectivity index (χ0) is 13.6. The minimum Gasteiger partial charge on any atom is -0.445 e. The quantitative estimate of drug-likeness (QED) is 0.784. The van der Waals surface area contributed by atoms with Crippen molar-refractivity contribution in [2.75, 3.05) is 12.3 Å². The number of hydrogen-bond donors (Lipinski definition) is 2. The van der Waals surface area contributed by atoms with E-state index in [-0.39, 0.29) is 13.2 Å². The van der Waals surface area contributed by atoms with Crippen LogP contribution in [0.1, 0.15) is 11.1 Å². The minimum absolute atomic E-state index is 0.111. The fourth-order valence-corrected chi connectivity index (χ4v) is 1.64. The van der Waals surface area contributed by atoms with Crippen molar-refractivity contribution in [1.29, 1.82) is 0 Å². The second kappa shape index (κ2) is 6.36. The maximum atomic E-state index is 11.2. The topological polar surface area (TPSA) is 92.7 Å². The zero-order valence-corrected chi connectivity index (χ0v) is 10.7. The molecular formula is C11H15NO5S. The van der Waals surface area contributed by atoms with E-state index < -0.39 is 22.0 Å². The van der Waals surface area contributed by atoms with E-state index in [1.165, 1.54) is 0 Å². The fourth-order valence-electron chi connectivity index (χ4n) is 1.28. The third kappa shape index (κ3) is 6.21. The normalized spacial score (nSPS) is 11.0. The third-order valence-corrected chi connectivity index (χ3v) is 2.80. The standard InChI is InChI=1S/C11H15NO5S/c1-9-3-2-4-10(7-9)8-17-11(13)12-5-6-18(14,15)16/h2-4,7H,5-6,8H2,1H3,(H,12,13)(H,14,15,16). The van der Waals surface area contributed by atoms with Crippen LogP contribution in [0.5, 0.6) is 0 Å². The molecule has 0 aliphatic heterocycles. The van der Waals surface area contributed by atoms with E-state index in [4.69, 9.17) is 9.29 Å². The molecule has 0 radical (unpaired) electrons. The molecule has 1 amide bonds. The Balaban J connectivity index is 2.29. The van der Waals surface area contributed by atoms with Crippen LogP contribution in [0.3, 0.4) is 0 Å². The Labute approximate surface area is 106 Å². The molecule has 100 valence electrons. The molecule has 0 unspecified atom stereocenters. The van der Waals surface area contributed by atoms with Gasteiger partial charge in [-0.2, -0.15) is 8.42 Å². The molecule has 1 rings (SSSR count). The molecule has 0 bridgehead atoms. The van der Waals surface area contributed by atoms with Crippen LogP contribution in [0.2, 0.25) is 0 Å².